The number of benzene rings is 3. The fourth-order valence-corrected chi connectivity index (χ4v) is 3.31. The Morgan fingerprint density at radius 1 is 0.609 bits per heavy atom. The van der Waals surface area contributed by atoms with Crippen molar-refractivity contribution in [1.82, 2.24) is 5.32 Å². The van der Waals surface area contributed by atoms with Crippen LogP contribution < -0.4 is 10.6 Å². The molecule has 3 aromatic carbocycles. The van der Waals surface area contributed by atoms with E-state index in [0.717, 1.165) is 5.69 Å². The molecular formula is C21H22N2. The number of hydrogen-bond donors (Lipinski definition) is 2. The van der Waals surface area contributed by atoms with Crippen molar-refractivity contribution in [2.24, 2.45) is 0 Å². The summed E-state index contributed by atoms with van der Waals surface area (Å²) in [7, 11) is 3.99. The van der Waals surface area contributed by atoms with Gasteiger partial charge in [0.2, 0.25) is 0 Å². The van der Waals surface area contributed by atoms with Gasteiger partial charge in [0.05, 0.1) is 5.54 Å². The molecule has 0 fully saturated rings. The lowest BCUT2D eigenvalue weighted by Crippen LogP contribution is -2.42. The van der Waals surface area contributed by atoms with Crippen LogP contribution in [0.1, 0.15) is 16.7 Å². The van der Waals surface area contributed by atoms with E-state index < -0.39 is 5.54 Å². The minimum Gasteiger partial charge on any atom is -0.388 e. The van der Waals surface area contributed by atoms with E-state index in [4.69, 9.17) is 0 Å². The van der Waals surface area contributed by atoms with Gasteiger partial charge in [0, 0.05) is 18.3 Å². The summed E-state index contributed by atoms with van der Waals surface area (Å²) in [6.07, 6.45) is 0. The molecule has 2 nitrogen and oxygen atoms in total. The summed E-state index contributed by atoms with van der Waals surface area (Å²) >= 11 is 0. The van der Waals surface area contributed by atoms with Gasteiger partial charge >= 0.3 is 0 Å². The maximum Gasteiger partial charge on any atom is 0.0965 e. The Morgan fingerprint density at radius 3 is 1.57 bits per heavy atom. The molecule has 0 unspecified atom stereocenters. The van der Waals surface area contributed by atoms with E-state index >= 15 is 0 Å². The first kappa shape index (κ1) is 15.3. The number of para-hydroxylation sites is 1. The second-order valence-electron chi connectivity index (χ2n) is 5.53. The van der Waals surface area contributed by atoms with Crippen molar-refractivity contribution < 1.29 is 0 Å². The van der Waals surface area contributed by atoms with Crippen LogP contribution >= 0.6 is 0 Å². The SMILES string of the molecule is CNc1ccccc1C(NC)(c1ccccc1)c1ccccc1. The molecule has 0 heterocycles. The molecule has 0 radical (unpaired) electrons. The van der Waals surface area contributed by atoms with Crippen LogP contribution in [0.25, 0.3) is 0 Å². The predicted molar refractivity (Wildman–Crippen MR) is 97.8 cm³/mol. The number of nitrogens with one attached hydrogen (secondary N) is 2. The highest BCUT2D eigenvalue weighted by atomic mass is 15.0. The second-order valence-corrected chi connectivity index (χ2v) is 5.53. The molecule has 0 aromatic heterocycles. The molecule has 0 bridgehead atoms. The van der Waals surface area contributed by atoms with Gasteiger partial charge in [-0.3, -0.25) is 0 Å². The third kappa shape index (κ3) is 2.62. The van der Waals surface area contributed by atoms with Crippen LogP contribution in [0, 0.1) is 0 Å². The Hall–Kier alpha value is -2.58. The number of hydrogen-bond acceptors (Lipinski definition) is 2. The van der Waals surface area contributed by atoms with E-state index in [0.29, 0.717) is 0 Å². The largest absolute Gasteiger partial charge is 0.388 e. The lowest BCUT2D eigenvalue weighted by Gasteiger charge is -2.37. The summed E-state index contributed by atoms with van der Waals surface area (Å²) in [4.78, 5) is 0. The maximum atomic E-state index is 3.60. The number of anilines is 1. The molecule has 23 heavy (non-hydrogen) atoms. The minimum atomic E-state index is -0.401. The molecule has 116 valence electrons. The molecule has 0 aliphatic carbocycles. The molecule has 0 aliphatic rings. The maximum absolute atomic E-state index is 3.60. The van der Waals surface area contributed by atoms with Crippen LogP contribution in [-0.4, -0.2) is 14.1 Å². The molecule has 0 aliphatic heterocycles. The summed E-state index contributed by atoms with van der Waals surface area (Å²) in [5.41, 5.74) is 4.37. The van der Waals surface area contributed by atoms with Crippen LogP contribution in [0.3, 0.4) is 0 Å². The molecule has 0 saturated carbocycles. The van der Waals surface area contributed by atoms with Crippen molar-refractivity contribution >= 4 is 5.69 Å². The summed E-state index contributed by atoms with van der Waals surface area (Å²) in [6, 6.07) is 29.6. The Kier molecular flexibility index (Phi) is 4.45. The fraction of sp³-hybridized carbons (Fsp3) is 0.143. The first-order valence-electron chi connectivity index (χ1n) is 7.90. The minimum absolute atomic E-state index is 0.401. The Bertz CT molecular complexity index is 712. The molecule has 3 aromatic rings. The van der Waals surface area contributed by atoms with Crippen LogP contribution in [0.2, 0.25) is 0 Å². The van der Waals surface area contributed by atoms with Gasteiger partial charge < -0.3 is 10.6 Å². The summed E-state index contributed by atoms with van der Waals surface area (Å²) in [5.74, 6) is 0. The van der Waals surface area contributed by atoms with Crippen LogP contribution in [0.5, 0.6) is 0 Å². The third-order valence-corrected chi connectivity index (χ3v) is 4.39. The van der Waals surface area contributed by atoms with E-state index in [9.17, 15) is 0 Å². The zero-order chi connectivity index (χ0) is 16.1. The summed E-state index contributed by atoms with van der Waals surface area (Å²) < 4.78 is 0. The van der Waals surface area contributed by atoms with Gasteiger partial charge in [-0.2, -0.15) is 0 Å². The van der Waals surface area contributed by atoms with E-state index in [2.05, 4.69) is 95.6 Å². The van der Waals surface area contributed by atoms with Gasteiger partial charge in [0.1, 0.15) is 0 Å². The highest BCUT2D eigenvalue weighted by molar-refractivity contribution is 5.62. The molecular weight excluding hydrogens is 280 g/mol. The van der Waals surface area contributed by atoms with Gasteiger partial charge in [-0.05, 0) is 24.2 Å². The van der Waals surface area contributed by atoms with Gasteiger partial charge in [0.15, 0.2) is 0 Å². The quantitative estimate of drug-likeness (QED) is 0.689. The summed E-state index contributed by atoms with van der Waals surface area (Å²) in [6.45, 7) is 0. The first-order chi connectivity index (χ1) is 11.3. The summed E-state index contributed by atoms with van der Waals surface area (Å²) in [5, 5.41) is 6.93. The zero-order valence-electron chi connectivity index (χ0n) is 13.6. The number of rotatable bonds is 5. The van der Waals surface area contributed by atoms with Crippen LogP contribution in [-0.2, 0) is 5.54 Å². The van der Waals surface area contributed by atoms with Crippen molar-refractivity contribution in [3.63, 3.8) is 0 Å². The van der Waals surface area contributed by atoms with Crippen LogP contribution in [0.15, 0.2) is 84.9 Å². The van der Waals surface area contributed by atoms with Crippen molar-refractivity contribution in [1.29, 1.82) is 0 Å². The van der Waals surface area contributed by atoms with Crippen molar-refractivity contribution in [2.45, 2.75) is 5.54 Å². The molecule has 3 rings (SSSR count). The predicted octanol–water partition coefficient (Wildman–Crippen LogP) is 4.24. The van der Waals surface area contributed by atoms with Gasteiger partial charge in [0.25, 0.3) is 0 Å². The van der Waals surface area contributed by atoms with Crippen molar-refractivity contribution in [3.05, 3.63) is 102 Å². The van der Waals surface area contributed by atoms with Crippen molar-refractivity contribution in [3.8, 4) is 0 Å². The molecule has 0 spiro atoms. The van der Waals surface area contributed by atoms with Gasteiger partial charge in [-0.15, -0.1) is 0 Å². The smallest absolute Gasteiger partial charge is 0.0965 e. The molecule has 2 heteroatoms. The fourth-order valence-electron chi connectivity index (χ4n) is 3.31. The lowest BCUT2D eigenvalue weighted by atomic mass is 9.76. The Morgan fingerprint density at radius 2 is 1.09 bits per heavy atom. The third-order valence-electron chi connectivity index (χ3n) is 4.39. The van der Waals surface area contributed by atoms with E-state index in [1.165, 1.54) is 16.7 Å². The first-order valence-corrected chi connectivity index (χ1v) is 7.90. The monoisotopic (exact) mass is 302 g/mol. The topological polar surface area (TPSA) is 24.1 Å². The highest BCUT2D eigenvalue weighted by Crippen LogP contribution is 2.39. The average Bonchev–Trinajstić information content (AvgIpc) is 2.65. The molecule has 0 amide bonds. The second kappa shape index (κ2) is 6.67. The average molecular weight is 302 g/mol. The van der Waals surface area contributed by atoms with E-state index in [1.807, 2.05) is 14.1 Å². The zero-order valence-corrected chi connectivity index (χ0v) is 13.6. The van der Waals surface area contributed by atoms with Gasteiger partial charge in [-0.25, -0.2) is 0 Å². The van der Waals surface area contributed by atoms with Crippen LogP contribution in [0.4, 0.5) is 5.69 Å². The van der Waals surface area contributed by atoms with E-state index in [1.54, 1.807) is 0 Å². The molecule has 2 N–H and O–H groups in total. The standard InChI is InChI=1S/C21H22N2/c1-22-20-16-10-9-15-19(20)21(23-2,17-11-5-3-6-12-17)18-13-7-4-8-14-18/h3-16,22-23H,1-2H3. The lowest BCUT2D eigenvalue weighted by molar-refractivity contribution is 0.527. The normalized spacial score (nSPS) is 11.2. The van der Waals surface area contributed by atoms with E-state index in [-0.39, 0.29) is 0 Å². The highest BCUT2D eigenvalue weighted by Gasteiger charge is 2.36. The molecule has 0 atom stereocenters. The molecule has 0 saturated heterocycles. The van der Waals surface area contributed by atoms with Gasteiger partial charge in [-0.1, -0.05) is 78.9 Å². The Labute approximate surface area is 138 Å². The Balaban J connectivity index is 2.34. The van der Waals surface area contributed by atoms with Crippen molar-refractivity contribution in [2.75, 3.05) is 19.4 Å².